The number of rotatable bonds is 4. The van der Waals surface area contributed by atoms with Gasteiger partial charge in [-0.1, -0.05) is 18.2 Å². The minimum atomic E-state index is -0.296. The van der Waals surface area contributed by atoms with E-state index in [1.165, 1.54) is 12.1 Å². The summed E-state index contributed by atoms with van der Waals surface area (Å²) in [5.41, 5.74) is 6.97. The summed E-state index contributed by atoms with van der Waals surface area (Å²) >= 11 is 0. The van der Waals surface area contributed by atoms with E-state index in [0.717, 1.165) is 18.5 Å². The van der Waals surface area contributed by atoms with Crippen LogP contribution in [0.3, 0.4) is 0 Å². The van der Waals surface area contributed by atoms with Crippen LogP contribution in [0.4, 0.5) is 10.1 Å². The van der Waals surface area contributed by atoms with Crippen molar-refractivity contribution in [3.8, 4) is 0 Å². The average molecular weight is 194 g/mol. The topological polar surface area (TPSA) is 38.0 Å². The molecule has 76 valence electrons. The summed E-state index contributed by atoms with van der Waals surface area (Å²) in [6.45, 7) is 0.928. The molecule has 0 aliphatic heterocycles. The Kier molecular flexibility index (Phi) is 4.13. The van der Waals surface area contributed by atoms with Gasteiger partial charge in [0.15, 0.2) is 0 Å². The quantitative estimate of drug-likeness (QED) is 0.568. The Bertz CT molecular complexity index is 321. The molecule has 0 amide bonds. The molecule has 1 aromatic rings. The molecule has 0 aromatic heterocycles. The van der Waals surface area contributed by atoms with E-state index >= 15 is 0 Å². The first-order valence-corrected chi connectivity index (χ1v) is 4.60. The molecule has 0 radical (unpaired) electrons. The van der Waals surface area contributed by atoms with Crippen molar-refractivity contribution in [1.82, 2.24) is 5.32 Å². The van der Waals surface area contributed by atoms with Crippen molar-refractivity contribution in [1.29, 1.82) is 0 Å². The lowest BCUT2D eigenvalue weighted by Crippen LogP contribution is -2.05. The van der Waals surface area contributed by atoms with Crippen LogP contribution < -0.4 is 11.1 Å². The lowest BCUT2D eigenvalue weighted by Gasteiger charge is -1.99. The lowest BCUT2D eigenvalue weighted by molar-refractivity contribution is 0.628. The molecule has 3 heteroatoms. The summed E-state index contributed by atoms with van der Waals surface area (Å²) in [6.07, 6.45) is 4.86. The number of hydrogen-bond donors (Lipinski definition) is 2. The monoisotopic (exact) mass is 194 g/mol. The zero-order valence-corrected chi connectivity index (χ0v) is 8.26. The summed E-state index contributed by atoms with van der Waals surface area (Å²) in [4.78, 5) is 0. The van der Waals surface area contributed by atoms with Crippen LogP contribution in [0.15, 0.2) is 24.3 Å². The van der Waals surface area contributed by atoms with Gasteiger partial charge in [-0.25, -0.2) is 4.39 Å². The van der Waals surface area contributed by atoms with E-state index in [2.05, 4.69) is 5.32 Å². The zero-order valence-electron chi connectivity index (χ0n) is 8.26. The van der Waals surface area contributed by atoms with Crippen molar-refractivity contribution in [2.75, 3.05) is 19.3 Å². The summed E-state index contributed by atoms with van der Waals surface area (Å²) in [6, 6.07) is 4.42. The first-order valence-electron chi connectivity index (χ1n) is 4.60. The number of nitrogens with two attached hydrogens (primary N) is 1. The van der Waals surface area contributed by atoms with Crippen LogP contribution in [-0.2, 0) is 0 Å². The van der Waals surface area contributed by atoms with Gasteiger partial charge in [0.2, 0.25) is 0 Å². The largest absolute Gasteiger partial charge is 0.398 e. The third-order valence-electron chi connectivity index (χ3n) is 1.91. The van der Waals surface area contributed by atoms with E-state index in [0.29, 0.717) is 5.69 Å². The summed E-state index contributed by atoms with van der Waals surface area (Å²) in [5, 5.41) is 3.04. The zero-order chi connectivity index (χ0) is 10.4. The smallest absolute Gasteiger partial charge is 0.125 e. The number of halogens is 1. The number of anilines is 1. The highest BCUT2D eigenvalue weighted by molar-refractivity contribution is 5.64. The van der Waals surface area contributed by atoms with Crippen LogP contribution in [0, 0.1) is 5.82 Å². The maximum Gasteiger partial charge on any atom is 0.125 e. The molecule has 1 rings (SSSR count). The average Bonchev–Trinajstić information content (AvgIpc) is 2.15. The van der Waals surface area contributed by atoms with Crippen molar-refractivity contribution in [2.45, 2.75) is 6.42 Å². The van der Waals surface area contributed by atoms with Crippen LogP contribution in [0.2, 0.25) is 0 Å². The van der Waals surface area contributed by atoms with Crippen molar-refractivity contribution < 1.29 is 4.39 Å². The molecule has 0 saturated heterocycles. The van der Waals surface area contributed by atoms with Gasteiger partial charge in [-0.15, -0.1) is 0 Å². The number of hydrogen-bond acceptors (Lipinski definition) is 2. The SMILES string of the molecule is CNCCC=Cc1ccc(F)cc1N. The Hall–Kier alpha value is -1.35. The molecule has 0 bridgehead atoms. The van der Waals surface area contributed by atoms with Crippen molar-refractivity contribution >= 4 is 11.8 Å². The van der Waals surface area contributed by atoms with Gasteiger partial charge in [-0.2, -0.15) is 0 Å². The van der Waals surface area contributed by atoms with E-state index < -0.39 is 0 Å². The van der Waals surface area contributed by atoms with E-state index in [9.17, 15) is 4.39 Å². The first-order chi connectivity index (χ1) is 6.74. The molecule has 0 unspecified atom stereocenters. The predicted octanol–water partition coefficient (Wildman–Crippen LogP) is 2.03. The van der Waals surface area contributed by atoms with E-state index in [-0.39, 0.29) is 5.82 Å². The minimum Gasteiger partial charge on any atom is -0.398 e. The second kappa shape index (κ2) is 5.40. The Morgan fingerprint density at radius 2 is 2.29 bits per heavy atom. The number of nitrogens with one attached hydrogen (secondary N) is 1. The summed E-state index contributed by atoms with van der Waals surface area (Å²) in [5.74, 6) is -0.296. The van der Waals surface area contributed by atoms with Gasteiger partial charge in [0.1, 0.15) is 5.82 Å². The fourth-order valence-corrected chi connectivity index (χ4v) is 1.14. The molecular weight excluding hydrogens is 179 g/mol. The maximum atomic E-state index is 12.7. The number of nitrogen functional groups attached to an aromatic ring is 1. The van der Waals surface area contributed by atoms with E-state index in [4.69, 9.17) is 5.73 Å². The third kappa shape index (κ3) is 3.18. The van der Waals surface area contributed by atoms with Crippen LogP contribution in [-0.4, -0.2) is 13.6 Å². The summed E-state index contributed by atoms with van der Waals surface area (Å²) < 4.78 is 12.7. The highest BCUT2D eigenvalue weighted by Gasteiger charge is 1.95. The molecule has 1 aromatic carbocycles. The third-order valence-corrected chi connectivity index (χ3v) is 1.91. The van der Waals surface area contributed by atoms with Gasteiger partial charge in [0, 0.05) is 5.69 Å². The normalized spacial score (nSPS) is 11.0. The van der Waals surface area contributed by atoms with Gasteiger partial charge in [0.25, 0.3) is 0 Å². The van der Waals surface area contributed by atoms with E-state index in [1.807, 2.05) is 19.2 Å². The molecule has 0 saturated carbocycles. The predicted molar refractivity (Wildman–Crippen MR) is 58.4 cm³/mol. The molecule has 0 spiro atoms. The molecular formula is C11H15FN2. The maximum absolute atomic E-state index is 12.7. The molecule has 3 N–H and O–H groups in total. The van der Waals surface area contributed by atoms with Gasteiger partial charge in [-0.05, 0) is 37.7 Å². The summed E-state index contributed by atoms with van der Waals surface area (Å²) in [7, 11) is 1.90. The van der Waals surface area contributed by atoms with Crippen LogP contribution in [0.5, 0.6) is 0 Å². The van der Waals surface area contributed by atoms with Crippen molar-refractivity contribution in [3.63, 3.8) is 0 Å². The van der Waals surface area contributed by atoms with Gasteiger partial charge in [-0.3, -0.25) is 0 Å². The Morgan fingerprint density at radius 3 is 2.93 bits per heavy atom. The molecule has 0 atom stereocenters. The van der Waals surface area contributed by atoms with Crippen LogP contribution in [0.1, 0.15) is 12.0 Å². The second-order valence-electron chi connectivity index (χ2n) is 3.07. The molecule has 0 fully saturated rings. The molecule has 2 nitrogen and oxygen atoms in total. The van der Waals surface area contributed by atoms with Gasteiger partial charge < -0.3 is 11.1 Å². The molecule has 0 aliphatic carbocycles. The van der Waals surface area contributed by atoms with Crippen LogP contribution >= 0.6 is 0 Å². The minimum absolute atomic E-state index is 0.296. The second-order valence-corrected chi connectivity index (χ2v) is 3.07. The standard InChI is InChI=1S/C11H15FN2/c1-14-7-3-2-4-9-5-6-10(12)8-11(9)13/h2,4-6,8,14H,3,7,13H2,1H3. The molecule has 0 aliphatic rings. The Morgan fingerprint density at radius 1 is 1.50 bits per heavy atom. The highest BCUT2D eigenvalue weighted by Crippen LogP contribution is 2.14. The number of benzene rings is 1. The first kappa shape index (κ1) is 10.7. The Labute approximate surface area is 83.6 Å². The van der Waals surface area contributed by atoms with Crippen molar-refractivity contribution in [2.24, 2.45) is 0 Å². The van der Waals surface area contributed by atoms with Crippen LogP contribution in [0.25, 0.3) is 6.08 Å². The molecule has 0 heterocycles. The van der Waals surface area contributed by atoms with Gasteiger partial charge >= 0.3 is 0 Å². The fourth-order valence-electron chi connectivity index (χ4n) is 1.14. The van der Waals surface area contributed by atoms with Gasteiger partial charge in [0.05, 0.1) is 0 Å². The van der Waals surface area contributed by atoms with Crippen molar-refractivity contribution in [3.05, 3.63) is 35.7 Å². The van der Waals surface area contributed by atoms with E-state index in [1.54, 1.807) is 6.07 Å². The Balaban J connectivity index is 2.62. The lowest BCUT2D eigenvalue weighted by atomic mass is 10.1. The molecule has 14 heavy (non-hydrogen) atoms. The highest BCUT2D eigenvalue weighted by atomic mass is 19.1. The fraction of sp³-hybridized carbons (Fsp3) is 0.273.